The van der Waals surface area contributed by atoms with E-state index in [1.54, 1.807) is 0 Å². The maximum atomic E-state index is 11.9. The Morgan fingerprint density at radius 3 is 2.38 bits per heavy atom. The first-order valence-corrected chi connectivity index (χ1v) is 8.26. The molecule has 2 aromatic carbocycles. The number of halogens is 1. The molecule has 1 amide bonds. The van der Waals surface area contributed by atoms with E-state index in [9.17, 15) is 4.79 Å². The van der Waals surface area contributed by atoms with Crippen LogP contribution in [0.15, 0.2) is 48.5 Å². The Morgan fingerprint density at radius 1 is 1.05 bits per heavy atom. The molecule has 0 saturated carbocycles. The highest BCUT2D eigenvalue weighted by molar-refractivity contribution is 9.08. The third kappa shape index (κ3) is 5.01. The van der Waals surface area contributed by atoms with Crippen LogP contribution in [0.3, 0.4) is 0 Å². The van der Waals surface area contributed by atoms with Crippen LogP contribution in [0.2, 0.25) is 0 Å². The maximum Gasteiger partial charge on any atom is 0.220 e. The minimum Gasteiger partial charge on any atom is -0.352 e. The zero-order valence-electron chi connectivity index (χ0n) is 12.2. The van der Waals surface area contributed by atoms with Gasteiger partial charge in [0, 0.05) is 18.3 Å². The second-order valence-corrected chi connectivity index (χ2v) is 5.71. The lowest BCUT2D eigenvalue weighted by Crippen LogP contribution is -2.23. The minimum absolute atomic E-state index is 0.0998. The molecule has 0 saturated heterocycles. The molecule has 3 heteroatoms. The van der Waals surface area contributed by atoms with Crippen molar-refractivity contribution in [2.45, 2.75) is 31.6 Å². The number of hydrogen-bond acceptors (Lipinski definition) is 1. The number of benzene rings is 2. The van der Waals surface area contributed by atoms with Crippen molar-refractivity contribution in [1.29, 1.82) is 0 Å². The van der Waals surface area contributed by atoms with E-state index in [0.29, 0.717) is 13.0 Å². The Labute approximate surface area is 134 Å². The summed E-state index contributed by atoms with van der Waals surface area (Å²) in [7, 11) is 0. The largest absolute Gasteiger partial charge is 0.352 e. The van der Waals surface area contributed by atoms with Gasteiger partial charge in [0.15, 0.2) is 0 Å². The van der Waals surface area contributed by atoms with Crippen LogP contribution in [0.1, 0.15) is 28.7 Å². The lowest BCUT2D eigenvalue weighted by atomic mass is 10.0. The van der Waals surface area contributed by atoms with Gasteiger partial charge in [-0.15, -0.1) is 0 Å². The zero-order chi connectivity index (χ0) is 15.1. The molecule has 0 heterocycles. The molecule has 2 rings (SSSR count). The van der Waals surface area contributed by atoms with Crippen LogP contribution in [-0.2, 0) is 23.1 Å². The van der Waals surface area contributed by atoms with Crippen LogP contribution in [0.5, 0.6) is 0 Å². The number of carbonyl (C=O) groups is 1. The molecule has 0 radical (unpaired) electrons. The molecular formula is C18H20BrNO. The predicted octanol–water partition coefficient (Wildman–Crippen LogP) is 4.14. The SMILES string of the molecule is Cc1ccccc1CCC(=O)NCc1ccc(CBr)cc1. The van der Waals surface area contributed by atoms with Gasteiger partial charge in [-0.2, -0.15) is 0 Å². The fourth-order valence-electron chi connectivity index (χ4n) is 2.17. The molecule has 110 valence electrons. The summed E-state index contributed by atoms with van der Waals surface area (Å²) in [5, 5.41) is 3.83. The Morgan fingerprint density at radius 2 is 1.71 bits per heavy atom. The highest BCUT2D eigenvalue weighted by atomic mass is 79.9. The second kappa shape index (κ2) is 7.99. The Kier molecular flexibility index (Phi) is 6.00. The average molecular weight is 346 g/mol. The van der Waals surface area contributed by atoms with Gasteiger partial charge in [0.25, 0.3) is 0 Å². The molecule has 0 fully saturated rings. The number of amides is 1. The number of alkyl halides is 1. The van der Waals surface area contributed by atoms with Crippen molar-refractivity contribution in [3.63, 3.8) is 0 Å². The summed E-state index contributed by atoms with van der Waals surface area (Å²) in [5.41, 5.74) is 4.86. The average Bonchev–Trinajstić information content (AvgIpc) is 2.52. The van der Waals surface area contributed by atoms with Crippen LogP contribution >= 0.6 is 15.9 Å². The molecule has 0 unspecified atom stereocenters. The van der Waals surface area contributed by atoms with Gasteiger partial charge >= 0.3 is 0 Å². The molecule has 0 spiro atoms. The van der Waals surface area contributed by atoms with Crippen LogP contribution in [0.4, 0.5) is 0 Å². The number of rotatable bonds is 6. The van der Waals surface area contributed by atoms with Crippen LogP contribution < -0.4 is 5.32 Å². The van der Waals surface area contributed by atoms with E-state index in [2.05, 4.69) is 64.6 Å². The number of hydrogen-bond donors (Lipinski definition) is 1. The molecule has 1 N–H and O–H groups in total. The number of carbonyl (C=O) groups excluding carboxylic acids is 1. The van der Waals surface area contributed by atoms with Gasteiger partial charge in [0.05, 0.1) is 0 Å². The predicted molar refractivity (Wildman–Crippen MR) is 90.4 cm³/mol. The van der Waals surface area contributed by atoms with Crippen molar-refractivity contribution < 1.29 is 4.79 Å². The fraction of sp³-hybridized carbons (Fsp3) is 0.278. The zero-order valence-corrected chi connectivity index (χ0v) is 13.8. The third-order valence-corrected chi connectivity index (χ3v) is 4.20. The molecule has 0 bridgehead atoms. The number of aryl methyl sites for hydroxylation is 2. The second-order valence-electron chi connectivity index (χ2n) is 5.15. The summed E-state index contributed by atoms with van der Waals surface area (Å²) >= 11 is 3.42. The van der Waals surface area contributed by atoms with Gasteiger partial charge in [0.2, 0.25) is 5.91 Å². The maximum absolute atomic E-state index is 11.9. The normalized spacial score (nSPS) is 10.4. The quantitative estimate of drug-likeness (QED) is 0.783. The van der Waals surface area contributed by atoms with Crippen molar-refractivity contribution in [1.82, 2.24) is 5.32 Å². The van der Waals surface area contributed by atoms with E-state index in [1.807, 2.05) is 12.1 Å². The van der Waals surface area contributed by atoms with Gasteiger partial charge in [-0.05, 0) is 35.6 Å². The van der Waals surface area contributed by atoms with Gasteiger partial charge < -0.3 is 5.32 Å². The molecular weight excluding hydrogens is 326 g/mol. The smallest absolute Gasteiger partial charge is 0.220 e. The topological polar surface area (TPSA) is 29.1 Å². The summed E-state index contributed by atoms with van der Waals surface area (Å²) < 4.78 is 0. The van der Waals surface area contributed by atoms with Crippen LogP contribution in [-0.4, -0.2) is 5.91 Å². The Bertz CT molecular complexity index is 592. The summed E-state index contributed by atoms with van der Waals surface area (Å²) in [5.74, 6) is 0.0998. The molecule has 2 nitrogen and oxygen atoms in total. The van der Waals surface area contributed by atoms with Crippen molar-refractivity contribution in [2.24, 2.45) is 0 Å². The summed E-state index contributed by atoms with van der Waals surface area (Å²) in [6, 6.07) is 16.5. The summed E-state index contributed by atoms with van der Waals surface area (Å²) in [6.07, 6.45) is 1.32. The third-order valence-electron chi connectivity index (χ3n) is 3.55. The highest BCUT2D eigenvalue weighted by Gasteiger charge is 2.04. The van der Waals surface area contributed by atoms with Crippen LogP contribution in [0, 0.1) is 6.92 Å². The van der Waals surface area contributed by atoms with Crippen molar-refractivity contribution in [2.75, 3.05) is 0 Å². The van der Waals surface area contributed by atoms with E-state index in [0.717, 1.165) is 17.3 Å². The van der Waals surface area contributed by atoms with E-state index in [4.69, 9.17) is 0 Å². The molecule has 0 aliphatic heterocycles. The van der Waals surface area contributed by atoms with Crippen molar-refractivity contribution in [3.05, 3.63) is 70.8 Å². The Balaban J connectivity index is 1.78. The number of nitrogens with one attached hydrogen (secondary N) is 1. The van der Waals surface area contributed by atoms with Gasteiger partial charge in [-0.1, -0.05) is 64.5 Å². The van der Waals surface area contributed by atoms with E-state index in [1.165, 1.54) is 16.7 Å². The van der Waals surface area contributed by atoms with E-state index in [-0.39, 0.29) is 5.91 Å². The molecule has 0 atom stereocenters. The molecule has 21 heavy (non-hydrogen) atoms. The molecule has 0 aromatic heterocycles. The molecule has 0 aliphatic carbocycles. The standard InChI is InChI=1S/C18H20BrNO/c1-14-4-2-3-5-17(14)10-11-18(21)20-13-16-8-6-15(12-19)7-9-16/h2-9H,10-13H2,1H3,(H,20,21). The Hall–Kier alpha value is -1.61. The van der Waals surface area contributed by atoms with Crippen molar-refractivity contribution in [3.8, 4) is 0 Å². The minimum atomic E-state index is 0.0998. The first-order chi connectivity index (χ1) is 10.2. The first-order valence-electron chi connectivity index (χ1n) is 7.14. The molecule has 2 aromatic rings. The molecule has 0 aliphatic rings. The van der Waals surface area contributed by atoms with E-state index >= 15 is 0 Å². The first kappa shape index (κ1) is 15.8. The fourth-order valence-corrected chi connectivity index (χ4v) is 2.55. The van der Waals surface area contributed by atoms with E-state index < -0.39 is 0 Å². The van der Waals surface area contributed by atoms with Gasteiger partial charge in [-0.25, -0.2) is 0 Å². The highest BCUT2D eigenvalue weighted by Crippen LogP contribution is 2.10. The summed E-state index contributed by atoms with van der Waals surface area (Å²) in [6.45, 7) is 2.67. The van der Waals surface area contributed by atoms with Crippen LogP contribution in [0.25, 0.3) is 0 Å². The monoisotopic (exact) mass is 345 g/mol. The van der Waals surface area contributed by atoms with Gasteiger partial charge in [-0.3, -0.25) is 4.79 Å². The van der Waals surface area contributed by atoms with Crippen molar-refractivity contribution >= 4 is 21.8 Å². The lowest BCUT2D eigenvalue weighted by molar-refractivity contribution is -0.121. The lowest BCUT2D eigenvalue weighted by Gasteiger charge is -2.07. The summed E-state index contributed by atoms with van der Waals surface area (Å²) in [4.78, 5) is 11.9. The van der Waals surface area contributed by atoms with Gasteiger partial charge in [0.1, 0.15) is 0 Å².